The maximum Gasteiger partial charge on any atom is 0.252 e. The average molecular weight is 394 g/mol. The number of fused-ring (bicyclic) bond motifs is 1. The number of halogens is 1. The Kier molecular flexibility index (Phi) is 4.67. The van der Waals surface area contributed by atoms with Gasteiger partial charge in [0, 0.05) is 22.0 Å². The quantitative estimate of drug-likeness (QED) is 0.542. The van der Waals surface area contributed by atoms with Gasteiger partial charge in [-0.3, -0.25) is 15.1 Å². The molecule has 4 aromatic rings. The number of hydrogen-bond acceptors (Lipinski definition) is 6. The van der Waals surface area contributed by atoms with Crippen molar-refractivity contribution < 1.29 is 4.74 Å². The predicted molar refractivity (Wildman–Crippen MR) is 109 cm³/mol. The van der Waals surface area contributed by atoms with Gasteiger partial charge in [0.1, 0.15) is 5.75 Å². The monoisotopic (exact) mass is 393 g/mol. The van der Waals surface area contributed by atoms with Crippen LogP contribution in [0.2, 0.25) is 5.02 Å². The summed E-state index contributed by atoms with van der Waals surface area (Å²) in [6.45, 7) is 1.88. The number of aryl methyl sites for hydroxylation is 1. The topological polar surface area (TPSA) is 92.8 Å². The van der Waals surface area contributed by atoms with Crippen LogP contribution in [0.4, 0.5) is 11.9 Å². The van der Waals surface area contributed by atoms with Crippen LogP contribution in [0.1, 0.15) is 5.69 Å². The van der Waals surface area contributed by atoms with Crippen LogP contribution in [0.3, 0.4) is 0 Å². The van der Waals surface area contributed by atoms with E-state index in [1.165, 1.54) is 6.07 Å². The first kappa shape index (κ1) is 17.9. The van der Waals surface area contributed by atoms with Crippen molar-refractivity contribution in [2.24, 2.45) is 0 Å². The van der Waals surface area contributed by atoms with Crippen molar-refractivity contribution >= 4 is 34.4 Å². The number of anilines is 2. The summed E-state index contributed by atoms with van der Waals surface area (Å²) in [7, 11) is 1.61. The Hall–Kier alpha value is -3.45. The van der Waals surface area contributed by atoms with Crippen molar-refractivity contribution in [3.8, 4) is 17.0 Å². The number of nitrogens with zero attached hydrogens (tertiary/aromatic N) is 3. The molecular weight excluding hydrogens is 378 g/mol. The summed E-state index contributed by atoms with van der Waals surface area (Å²) in [6.07, 6.45) is 0. The van der Waals surface area contributed by atoms with Crippen molar-refractivity contribution in [2.75, 3.05) is 12.4 Å². The van der Waals surface area contributed by atoms with Crippen LogP contribution in [0.5, 0.6) is 5.75 Å². The molecule has 0 amide bonds. The Morgan fingerprint density at radius 3 is 2.68 bits per heavy atom. The first-order valence-corrected chi connectivity index (χ1v) is 8.87. The summed E-state index contributed by atoms with van der Waals surface area (Å²) in [4.78, 5) is 28.1. The maximum absolute atomic E-state index is 12.1. The summed E-state index contributed by atoms with van der Waals surface area (Å²) in [5.41, 5.74) is 2.34. The summed E-state index contributed by atoms with van der Waals surface area (Å²) in [6, 6.07) is 14.2. The van der Waals surface area contributed by atoms with E-state index < -0.39 is 0 Å². The molecule has 4 rings (SSSR count). The predicted octanol–water partition coefficient (Wildman–Crippen LogP) is 4.09. The van der Waals surface area contributed by atoms with Gasteiger partial charge in [0.2, 0.25) is 11.9 Å². The van der Waals surface area contributed by atoms with E-state index in [9.17, 15) is 4.79 Å². The standard InChI is InChI=1S/C20H16ClN5O2/c1-11-14-9-12(28-2)7-8-16(14)23-19(22-11)26-20-24-17(10-18(27)25-20)13-5-3-4-6-15(13)21/h3-10H,1-2H3,(H2,22,23,24,25,26,27). The SMILES string of the molecule is COc1ccc2nc(Nc3nc(-c4ccccc4Cl)cc(=O)[nH]3)nc(C)c2c1. The minimum atomic E-state index is -0.310. The second-order valence-electron chi connectivity index (χ2n) is 6.10. The molecule has 0 aliphatic heterocycles. The number of aromatic amines is 1. The summed E-state index contributed by atoms with van der Waals surface area (Å²) in [5, 5.41) is 4.37. The zero-order valence-electron chi connectivity index (χ0n) is 15.2. The van der Waals surface area contributed by atoms with Gasteiger partial charge in [-0.1, -0.05) is 29.8 Å². The smallest absolute Gasteiger partial charge is 0.252 e. The fraction of sp³-hybridized carbons (Fsp3) is 0.100. The molecule has 0 saturated heterocycles. The fourth-order valence-corrected chi connectivity index (χ4v) is 3.11. The van der Waals surface area contributed by atoms with Crippen LogP contribution in [-0.4, -0.2) is 27.0 Å². The average Bonchev–Trinajstić information content (AvgIpc) is 2.67. The number of hydrogen-bond donors (Lipinski definition) is 2. The third kappa shape index (κ3) is 3.52. The molecule has 2 aromatic carbocycles. The van der Waals surface area contributed by atoms with E-state index in [-0.39, 0.29) is 11.5 Å². The molecule has 0 saturated carbocycles. The highest BCUT2D eigenvalue weighted by atomic mass is 35.5. The van der Waals surface area contributed by atoms with Crippen molar-refractivity contribution in [3.05, 3.63) is 69.6 Å². The van der Waals surface area contributed by atoms with Crippen LogP contribution in [0.15, 0.2) is 53.3 Å². The molecule has 0 radical (unpaired) electrons. The molecule has 0 spiro atoms. The zero-order valence-corrected chi connectivity index (χ0v) is 15.9. The zero-order chi connectivity index (χ0) is 19.7. The molecule has 8 heteroatoms. The lowest BCUT2D eigenvalue weighted by atomic mass is 10.1. The molecule has 0 aliphatic carbocycles. The number of rotatable bonds is 4. The number of benzene rings is 2. The molecule has 2 heterocycles. The summed E-state index contributed by atoms with van der Waals surface area (Å²) < 4.78 is 5.25. The van der Waals surface area contributed by atoms with E-state index in [2.05, 4.69) is 25.3 Å². The van der Waals surface area contributed by atoms with Crippen molar-refractivity contribution in [3.63, 3.8) is 0 Å². The fourth-order valence-electron chi connectivity index (χ4n) is 2.87. The van der Waals surface area contributed by atoms with E-state index in [0.29, 0.717) is 22.2 Å². The van der Waals surface area contributed by atoms with Crippen molar-refractivity contribution in [2.45, 2.75) is 6.92 Å². The first-order chi connectivity index (χ1) is 13.5. The molecule has 0 atom stereocenters. The highest BCUT2D eigenvalue weighted by Gasteiger charge is 2.10. The lowest BCUT2D eigenvalue weighted by Gasteiger charge is -2.10. The molecule has 0 bridgehead atoms. The van der Waals surface area contributed by atoms with Crippen molar-refractivity contribution in [1.29, 1.82) is 0 Å². The van der Waals surface area contributed by atoms with Gasteiger partial charge in [-0.05, 0) is 31.2 Å². The molecule has 2 aromatic heterocycles. The van der Waals surface area contributed by atoms with Gasteiger partial charge in [0.15, 0.2) is 0 Å². The van der Waals surface area contributed by atoms with Gasteiger partial charge in [-0.15, -0.1) is 0 Å². The van der Waals surface area contributed by atoms with E-state index in [4.69, 9.17) is 16.3 Å². The lowest BCUT2D eigenvalue weighted by molar-refractivity contribution is 0.415. The molecule has 28 heavy (non-hydrogen) atoms. The molecule has 0 fully saturated rings. The summed E-state index contributed by atoms with van der Waals surface area (Å²) >= 11 is 6.23. The Morgan fingerprint density at radius 2 is 1.89 bits per heavy atom. The van der Waals surface area contributed by atoms with Gasteiger partial charge in [-0.25, -0.2) is 15.0 Å². The van der Waals surface area contributed by atoms with Crippen LogP contribution in [-0.2, 0) is 0 Å². The molecule has 0 aliphatic rings. The maximum atomic E-state index is 12.1. The molecule has 0 unspecified atom stereocenters. The van der Waals surface area contributed by atoms with Crippen LogP contribution in [0, 0.1) is 6.92 Å². The molecule has 140 valence electrons. The Labute approximate surface area is 165 Å². The second-order valence-corrected chi connectivity index (χ2v) is 6.51. The van der Waals surface area contributed by atoms with Gasteiger partial charge < -0.3 is 4.74 Å². The van der Waals surface area contributed by atoms with E-state index >= 15 is 0 Å². The van der Waals surface area contributed by atoms with Gasteiger partial charge in [0.25, 0.3) is 5.56 Å². The van der Waals surface area contributed by atoms with Crippen LogP contribution >= 0.6 is 11.6 Å². The Balaban J connectivity index is 1.73. The molecule has 2 N–H and O–H groups in total. The van der Waals surface area contributed by atoms with Crippen LogP contribution < -0.4 is 15.6 Å². The summed E-state index contributed by atoms with van der Waals surface area (Å²) in [5.74, 6) is 1.29. The Bertz CT molecular complexity index is 1240. The van der Waals surface area contributed by atoms with E-state index in [1.807, 2.05) is 37.3 Å². The number of methoxy groups -OCH3 is 1. The lowest BCUT2D eigenvalue weighted by Crippen LogP contribution is -2.12. The molecular formula is C20H16ClN5O2. The number of nitrogens with one attached hydrogen (secondary N) is 2. The van der Waals surface area contributed by atoms with Gasteiger partial charge in [-0.2, -0.15) is 0 Å². The first-order valence-electron chi connectivity index (χ1n) is 8.49. The minimum Gasteiger partial charge on any atom is -0.497 e. The van der Waals surface area contributed by atoms with Crippen LogP contribution in [0.25, 0.3) is 22.2 Å². The van der Waals surface area contributed by atoms with E-state index in [1.54, 1.807) is 19.2 Å². The normalized spacial score (nSPS) is 10.8. The van der Waals surface area contributed by atoms with Crippen molar-refractivity contribution in [1.82, 2.24) is 19.9 Å². The Morgan fingerprint density at radius 1 is 1.07 bits per heavy atom. The highest BCUT2D eigenvalue weighted by Crippen LogP contribution is 2.26. The number of ether oxygens (including phenoxy) is 1. The van der Waals surface area contributed by atoms with Gasteiger partial charge >= 0.3 is 0 Å². The third-order valence-electron chi connectivity index (χ3n) is 4.22. The number of H-pyrrole nitrogens is 1. The number of aromatic nitrogens is 4. The molecule has 7 nitrogen and oxygen atoms in total. The second kappa shape index (κ2) is 7.28. The minimum absolute atomic E-state index is 0.231. The highest BCUT2D eigenvalue weighted by molar-refractivity contribution is 6.33. The van der Waals surface area contributed by atoms with E-state index in [0.717, 1.165) is 22.3 Å². The van der Waals surface area contributed by atoms with Gasteiger partial charge in [0.05, 0.1) is 24.0 Å². The largest absolute Gasteiger partial charge is 0.497 e. The third-order valence-corrected chi connectivity index (χ3v) is 4.54.